The lowest BCUT2D eigenvalue weighted by Crippen LogP contribution is -2.43. The Kier molecular flexibility index (Phi) is 9.86. The number of amides is 1. The summed E-state index contributed by atoms with van der Waals surface area (Å²) in [6.07, 6.45) is 1.12. The first-order valence-electron chi connectivity index (χ1n) is 15.9. The number of Topliss-reactive ketones (excluding diaryl/α,β-unsaturated/α-hetero) is 2. The van der Waals surface area contributed by atoms with E-state index in [2.05, 4.69) is 15.1 Å². The minimum Gasteiger partial charge on any atom is -0.328 e. The van der Waals surface area contributed by atoms with Crippen LogP contribution in [0.3, 0.4) is 0 Å². The van der Waals surface area contributed by atoms with Crippen molar-refractivity contribution < 1.29 is 31.6 Å². The van der Waals surface area contributed by atoms with Crippen LogP contribution in [-0.4, -0.2) is 87.7 Å². The SMILES string of the molecule is CC(=O)c1nn(CC(=O)N2C[C@H](F)C[C@H]2C(=O)Cc2cccc(-c3cc(S(=O)(=O)N(C)C)ccc3Cl)c2F)c2ccc(-c3cnc(C)nc3)cc12. The van der Waals surface area contributed by atoms with Gasteiger partial charge in [-0.15, -0.1) is 0 Å². The third kappa shape index (κ3) is 7.03. The van der Waals surface area contributed by atoms with E-state index in [0.29, 0.717) is 16.7 Å². The molecule has 0 unspecified atom stereocenters. The van der Waals surface area contributed by atoms with Gasteiger partial charge in [0.15, 0.2) is 11.6 Å². The summed E-state index contributed by atoms with van der Waals surface area (Å²) in [5.74, 6) is -1.68. The van der Waals surface area contributed by atoms with Crippen LogP contribution in [0.15, 0.2) is 71.9 Å². The summed E-state index contributed by atoms with van der Waals surface area (Å²) < 4.78 is 58.7. The standard InChI is InChI=1S/C36H33ClF2N6O5S/c1-20(46)36-29-12-22(24-16-40-21(2)41-17-24)8-11-31(29)45(42-36)19-34(48)44-18-25(38)14-32(44)33(47)13-23-6-5-7-27(35(23)39)28-15-26(9-10-30(28)37)51(49,50)43(3)4/h5-12,15-17,25,32H,13-14,18-19H2,1-4H3/t25-,32+/m1/s1. The van der Waals surface area contributed by atoms with E-state index in [1.165, 1.54) is 62.1 Å². The molecule has 1 saturated heterocycles. The lowest BCUT2D eigenvalue weighted by Gasteiger charge is -2.24. The molecule has 1 fully saturated rings. The number of fused-ring (bicyclic) bond motifs is 1. The molecular formula is C36H33ClF2N6O5S. The molecule has 0 spiro atoms. The van der Waals surface area contributed by atoms with E-state index in [0.717, 1.165) is 20.3 Å². The third-order valence-electron chi connectivity index (χ3n) is 8.88. The number of sulfonamides is 1. The first-order valence-corrected chi connectivity index (χ1v) is 17.7. The number of hydrogen-bond acceptors (Lipinski definition) is 8. The van der Waals surface area contributed by atoms with Crippen LogP contribution in [0.5, 0.6) is 0 Å². The van der Waals surface area contributed by atoms with Crippen molar-refractivity contribution in [1.29, 1.82) is 0 Å². The predicted octanol–water partition coefficient (Wildman–Crippen LogP) is 5.46. The summed E-state index contributed by atoms with van der Waals surface area (Å²) in [5, 5.41) is 5.01. The maximum Gasteiger partial charge on any atom is 0.245 e. The Morgan fingerprint density at radius 1 is 1.00 bits per heavy atom. The summed E-state index contributed by atoms with van der Waals surface area (Å²) in [4.78, 5) is 49.4. The van der Waals surface area contributed by atoms with Crippen molar-refractivity contribution in [3.63, 3.8) is 0 Å². The van der Waals surface area contributed by atoms with Gasteiger partial charge >= 0.3 is 0 Å². The lowest BCUT2D eigenvalue weighted by atomic mass is 9.96. The quantitative estimate of drug-likeness (QED) is 0.173. The van der Waals surface area contributed by atoms with Gasteiger partial charge in [-0.05, 0) is 48.4 Å². The van der Waals surface area contributed by atoms with Crippen molar-refractivity contribution in [1.82, 2.24) is 29.0 Å². The first kappa shape index (κ1) is 35.9. The molecule has 6 rings (SSSR count). The fourth-order valence-electron chi connectivity index (χ4n) is 6.18. The van der Waals surface area contributed by atoms with Crippen molar-refractivity contribution in [2.24, 2.45) is 0 Å². The fourth-order valence-corrected chi connectivity index (χ4v) is 7.33. The molecule has 0 radical (unpaired) electrons. The molecule has 0 bridgehead atoms. The second-order valence-electron chi connectivity index (χ2n) is 12.6. The summed E-state index contributed by atoms with van der Waals surface area (Å²) >= 11 is 6.37. The summed E-state index contributed by atoms with van der Waals surface area (Å²) in [7, 11) is -1.11. The van der Waals surface area contributed by atoms with E-state index in [1.54, 1.807) is 37.5 Å². The maximum atomic E-state index is 16.0. The Morgan fingerprint density at radius 3 is 2.41 bits per heavy atom. The van der Waals surface area contributed by atoms with E-state index < -0.39 is 46.2 Å². The van der Waals surface area contributed by atoms with Crippen LogP contribution in [0.1, 0.15) is 35.2 Å². The maximum absolute atomic E-state index is 16.0. The van der Waals surface area contributed by atoms with Gasteiger partial charge in [0.25, 0.3) is 0 Å². The largest absolute Gasteiger partial charge is 0.328 e. The van der Waals surface area contributed by atoms with Crippen LogP contribution in [0.25, 0.3) is 33.2 Å². The van der Waals surface area contributed by atoms with Gasteiger partial charge < -0.3 is 4.90 Å². The zero-order chi connectivity index (χ0) is 36.8. The monoisotopic (exact) mass is 734 g/mol. The third-order valence-corrected chi connectivity index (χ3v) is 11.0. The fraction of sp³-hybridized carbons (Fsp3) is 0.278. The summed E-state index contributed by atoms with van der Waals surface area (Å²) in [6, 6.07) is 12.4. The number of aryl methyl sites for hydroxylation is 1. The number of carbonyl (C=O) groups excluding carboxylic acids is 3. The molecule has 264 valence electrons. The molecular weight excluding hydrogens is 702 g/mol. The number of nitrogens with zero attached hydrogens (tertiary/aromatic N) is 6. The second-order valence-corrected chi connectivity index (χ2v) is 15.1. The molecule has 1 aliphatic rings. The Balaban J connectivity index is 1.25. The number of halogens is 3. The van der Waals surface area contributed by atoms with E-state index >= 15 is 4.39 Å². The Labute approximate surface area is 297 Å². The molecule has 0 aliphatic carbocycles. The number of alkyl halides is 1. The number of ketones is 2. The Morgan fingerprint density at radius 2 is 1.73 bits per heavy atom. The average Bonchev–Trinajstić information content (AvgIpc) is 3.66. The number of hydrogen-bond donors (Lipinski definition) is 0. The molecule has 2 aromatic heterocycles. The molecule has 3 aromatic carbocycles. The van der Waals surface area contributed by atoms with Crippen LogP contribution in [0, 0.1) is 12.7 Å². The topological polar surface area (TPSA) is 135 Å². The van der Waals surface area contributed by atoms with E-state index in [9.17, 15) is 27.2 Å². The predicted molar refractivity (Wildman–Crippen MR) is 187 cm³/mol. The van der Waals surface area contributed by atoms with Crippen molar-refractivity contribution in [3.8, 4) is 22.3 Å². The van der Waals surface area contributed by atoms with Crippen LogP contribution in [0.2, 0.25) is 5.02 Å². The van der Waals surface area contributed by atoms with Gasteiger partial charge in [-0.3, -0.25) is 19.1 Å². The van der Waals surface area contributed by atoms with E-state index in [4.69, 9.17) is 11.6 Å². The molecule has 0 N–H and O–H groups in total. The number of aromatic nitrogens is 4. The number of carbonyl (C=O) groups is 3. The van der Waals surface area contributed by atoms with E-state index in [1.807, 2.05) is 0 Å². The van der Waals surface area contributed by atoms with E-state index in [-0.39, 0.29) is 57.6 Å². The highest BCUT2D eigenvalue weighted by Gasteiger charge is 2.40. The zero-order valence-electron chi connectivity index (χ0n) is 28.1. The zero-order valence-corrected chi connectivity index (χ0v) is 29.7. The van der Waals surface area contributed by atoms with Gasteiger partial charge in [0.05, 0.1) is 23.0 Å². The van der Waals surface area contributed by atoms with Crippen LogP contribution >= 0.6 is 11.6 Å². The Bertz CT molecular complexity index is 2310. The highest BCUT2D eigenvalue weighted by molar-refractivity contribution is 7.89. The van der Waals surface area contributed by atoms with Crippen molar-refractivity contribution in [2.45, 2.75) is 50.3 Å². The second kappa shape index (κ2) is 14.0. The van der Waals surface area contributed by atoms with Crippen LogP contribution < -0.4 is 0 Å². The normalized spacial score (nSPS) is 16.3. The Hall–Kier alpha value is -4.92. The van der Waals surface area contributed by atoms with Crippen molar-refractivity contribution in [3.05, 3.63) is 94.9 Å². The highest BCUT2D eigenvalue weighted by atomic mass is 35.5. The molecule has 3 heterocycles. The molecule has 15 heteroatoms. The highest BCUT2D eigenvalue weighted by Crippen LogP contribution is 2.35. The molecule has 11 nitrogen and oxygen atoms in total. The van der Waals surface area contributed by atoms with Crippen molar-refractivity contribution in [2.75, 3.05) is 20.6 Å². The van der Waals surface area contributed by atoms with Gasteiger partial charge in [-0.1, -0.05) is 35.9 Å². The first-order chi connectivity index (χ1) is 24.1. The summed E-state index contributed by atoms with van der Waals surface area (Å²) in [5.41, 5.74) is 2.17. The minimum atomic E-state index is -3.85. The van der Waals surface area contributed by atoms with Gasteiger partial charge in [-0.25, -0.2) is 31.5 Å². The molecule has 0 saturated carbocycles. The molecule has 5 aromatic rings. The smallest absolute Gasteiger partial charge is 0.245 e. The minimum absolute atomic E-state index is 0.0197. The van der Waals surface area contributed by atoms with Gasteiger partial charge in [0, 0.05) is 73.4 Å². The molecule has 1 aliphatic heterocycles. The van der Waals surface area contributed by atoms with Crippen molar-refractivity contribution >= 4 is 50.0 Å². The van der Waals surface area contributed by atoms with Gasteiger partial charge in [-0.2, -0.15) is 5.10 Å². The number of likely N-dealkylation sites (tertiary alicyclic amines) is 1. The molecule has 1 amide bonds. The van der Waals surface area contributed by atoms with Crippen LogP contribution in [-0.2, 0) is 32.6 Å². The lowest BCUT2D eigenvalue weighted by molar-refractivity contribution is -0.138. The van der Waals surface area contributed by atoms with Gasteiger partial charge in [0.1, 0.15) is 30.1 Å². The van der Waals surface area contributed by atoms with Gasteiger partial charge in [0.2, 0.25) is 15.9 Å². The average molecular weight is 735 g/mol. The molecule has 51 heavy (non-hydrogen) atoms. The number of rotatable bonds is 10. The molecule has 2 atom stereocenters. The number of benzene rings is 3. The summed E-state index contributed by atoms with van der Waals surface area (Å²) in [6.45, 7) is 2.42. The van der Waals surface area contributed by atoms with Crippen LogP contribution in [0.4, 0.5) is 8.78 Å².